The molecule has 0 radical (unpaired) electrons. The van der Waals surface area contributed by atoms with E-state index in [4.69, 9.17) is 0 Å². The third-order valence-corrected chi connectivity index (χ3v) is 3.21. The second kappa shape index (κ2) is 9.60. The number of rotatable bonds is 2. The summed E-state index contributed by atoms with van der Waals surface area (Å²) in [6, 6.07) is 0. The lowest BCUT2D eigenvalue weighted by Crippen LogP contribution is -1.90. The number of nitrogens with zero attached hydrogens (tertiary/aromatic N) is 1. The first-order chi connectivity index (χ1) is 9.24. The third-order valence-electron chi connectivity index (χ3n) is 3.21. The highest BCUT2D eigenvalue weighted by molar-refractivity contribution is 5.74. The monoisotopic (exact) mass is 262 g/mol. The molecule has 1 heterocycles. The van der Waals surface area contributed by atoms with E-state index in [1.807, 2.05) is 33.9 Å². The van der Waals surface area contributed by atoms with Crippen molar-refractivity contribution in [3.63, 3.8) is 0 Å². The SMILES string of the molecule is C/C=C\C1=C(c2cn[nH]c2C)CCC1C.CC.CC. The van der Waals surface area contributed by atoms with Gasteiger partial charge in [-0.3, -0.25) is 5.10 Å². The number of hydrogen-bond donors (Lipinski definition) is 1. The minimum absolute atomic E-state index is 0.686. The molecule has 0 aliphatic heterocycles. The number of aryl methyl sites for hydroxylation is 1. The van der Waals surface area contributed by atoms with Crippen molar-refractivity contribution in [1.82, 2.24) is 10.2 Å². The average molecular weight is 262 g/mol. The predicted octanol–water partition coefficient (Wildman–Crippen LogP) is 5.53. The summed E-state index contributed by atoms with van der Waals surface area (Å²) in [6.45, 7) is 14.5. The zero-order valence-electron chi connectivity index (χ0n) is 13.7. The van der Waals surface area contributed by atoms with Crippen LogP contribution in [0.1, 0.15) is 65.6 Å². The Morgan fingerprint density at radius 3 is 2.37 bits per heavy atom. The average Bonchev–Trinajstić information content (AvgIpc) is 3.02. The highest BCUT2D eigenvalue weighted by Crippen LogP contribution is 2.39. The maximum atomic E-state index is 4.10. The maximum absolute atomic E-state index is 4.10. The number of allylic oxidation sites excluding steroid dienone is 4. The normalized spacial score (nSPS) is 17.9. The number of aromatic nitrogens is 2. The van der Waals surface area contributed by atoms with Crippen molar-refractivity contribution in [1.29, 1.82) is 0 Å². The third kappa shape index (κ3) is 4.38. The summed E-state index contributed by atoms with van der Waals surface area (Å²) in [6.07, 6.45) is 8.78. The molecule has 1 aromatic rings. The second-order valence-corrected chi connectivity index (χ2v) is 4.28. The molecule has 108 valence electrons. The van der Waals surface area contributed by atoms with E-state index in [1.165, 1.54) is 35.2 Å². The zero-order valence-corrected chi connectivity index (χ0v) is 13.7. The molecule has 1 N–H and O–H groups in total. The standard InChI is InChI=1S/C13H18N2.2C2H6/c1-4-5-11-9(2)6-7-12(11)13-8-14-15-10(13)3;2*1-2/h4-5,8-9H,6-7H2,1-3H3,(H,14,15);2*1-2H3/b5-4-;;. The summed E-state index contributed by atoms with van der Waals surface area (Å²) in [5, 5.41) is 7.12. The molecular formula is C17H30N2. The largest absolute Gasteiger partial charge is 0.282 e. The lowest BCUT2D eigenvalue weighted by Gasteiger charge is -2.05. The molecule has 1 aromatic heterocycles. The Labute approximate surface area is 119 Å². The molecule has 1 aliphatic carbocycles. The van der Waals surface area contributed by atoms with Gasteiger partial charge in [-0.25, -0.2) is 0 Å². The molecule has 2 rings (SSSR count). The Hall–Kier alpha value is -1.31. The van der Waals surface area contributed by atoms with Gasteiger partial charge in [-0.1, -0.05) is 46.8 Å². The lowest BCUT2D eigenvalue weighted by atomic mass is 9.99. The van der Waals surface area contributed by atoms with E-state index in [9.17, 15) is 0 Å². The molecule has 0 aromatic carbocycles. The van der Waals surface area contributed by atoms with Crippen LogP contribution in [0.2, 0.25) is 0 Å². The molecule has 2 heteroatoms. The van der Waals surface area contributed by atoms with Gasteiger partial charge in [0.2, 0.25) is 0 Å². The van der Waals surface area contributed by atoms with Gasteiger partial charge in [-0.05, 0) is 43.8 Å². The molecule has 0 spiro atoms. The van der Waals surface area contributed by atoms with Gasteiger partial charge in [0.1, 0.15) is 0 Å². The van der Waals surface area contributed by atoms with Crippen LogP contribution in [-0.2, 0) is 0 Å². The van der Waals surface area contributed by atoms with Crippen LogP contribution in [0.25, 0.3) is 5.57 Å². The summed E-state index contributed by atoms with van der Waals surface area (Å²) in [4.78, 5) is 0. The van der Waals surface area contributed by atoms with Crippen molar-refractivity contribution in [2.75, 3.05) is 0 Å². The van der Waals surface area contributed by atoms with E-state index >= 15 is 0 Å². The van der Waals surface area contributed by atoms with E-state index in [1.54, 1.807) is 0 Å². The highest BCUT2D eigenvalue weighted by atomic mass is 15.1. The van der Waals surface area contributed by atoms with E-state index in [0.29, 0.717) is 5.92 Å². The van der Waals surface area contributed by atoms with E-state index in [-0.39, 0.29) is 0 Å². The summed E-state index contributed by atoms with van der Waals surface area (Å²) < 4.78 is 0. The molecule has 2 nitrogen and oxygen atoms in total. The summed E-state index contributed by atoms with van der Waals surface area (Å²) in [7, 11) is 0. The van der Waals surface area contributed by atoms with Crippen molar-refractivity contribution in [2.45, 2.75) is 61.3 Å². The summed E-state index contributed by atoms with van der Waals surface area (Å²) >= 11 is 0. The van der Waals surface area contributed by atoms with Crippen LogP contribution in [0.15, 0.2) is 23.9 Å². The van der Waals surface area contributed by atoms with Gasteiger partial charge >= 0.3 is 0 Å². The first-order valence-electron chi connectivity index (χ1n) is 7.60. The van der Waals surface area contributed by atoms with Crippen molar-refractivity contribution in [3.05, 3.63) is 35.2 Å². The highest BCUT2D eigenvalue weighted by Gasteiger charge is 2.22. The number of H-pyrrole nitrogens is 1. The Kier molecular flexibility index (Phi) is 8.94. The molecule has 1 unspecified atom stereocenters. The van der Waals surface area contributed by atoms with Gasteiger partial charge in [0.15, 0.2) is 0 Å². The summed E-state index contributed by atoms with van der Waals surface area (Å²) in [5.74, 6) is 0.686. The first-order valence-corrected chi connectivity index (χ1v) is 7.60. The zero-order chi connectivity index (χ0) is 14.8. The van der Waals surface area contributed by atoms with E-state index < -0.39 is 0 Å². The van der Waals surface area contributed by atoms with Gasteiger partial charge in [0.25, 0.3) is 0 Å². The molecule has 0 fully saturated rings. The van der Waals surface area contributed by atoms with Crippen LogP contribution in [0.3, 0.4) is 0 Å². The Morgan fingerprint density at radius 2 is 1.89 bits per heavy atom. The molecule has 1 aliphatic rings. The number of nitrogens with one attached hydrogen (secondary N) is 1. The lowest BCUT2D eigenvalue weighted by molar-refractivity contribution is 0.682. The topological polar surface area (TPSA) is 28.7 Å². The fourth-order valence-electron chi connectivity index (χ4n) is 2.35. The summed E-state index contributed by atoms with van der Waals surface area (Å²) in [5.41, 5.74) is 5.45. The predicted molar refractivity (Wildman–Crippen MR) is 86.2 cm³/mol. The number of aromatic amines is 1. The van der Waals surface area contributed by atoms with Crippen molar-refractivity contribution in [2.24, 2.45) is 5.92 Å². The second-order valence-electron chi connectivity index (χ2n) is 4.28. The van der Waals surface area contributed by atoms with Crippen LogP contribution in [-0.4, -0.2) is 10.2 Å². The Balaban J connectivity index is 0.000000741. The molecule has 0 bridgehead atoms. The molecular weight excluding hydrogens is 232 g/mol. The fraction of sp³-hybridized carbons (Fsp3) is 0.588. The van der Waals surface area contributed by atoms with Crippen molar-refractivity contribution in [3.8, 4) is 0 Å². The van der Waals surface area contributed by atoms with Crippen LogP contribution < -0.4 is 0 Å². The molecule has 19 heavy (non-hydrogen) atoms. The van der Waals surface area contributed by atoms with Crippen LogP contribution in [0, 0.1) is 12.8 Å². The minimum atomic E-state index is 0.686. The van der Waals surface area contributed by atoms with Crippen molar-refractivity contribution < 1.29 is 0 Å². The Morgan fingerprint density at radius 1 is 1.26 bits per heavy atom. The Bertz CT molecular complexity index is 411. The number of hydrogen-bond acceptors (Lipinski definition) is 1. The molecule has 0 saturated carbocycles. The smallest absolute Gasteiger partial charge is 0.0565 e. The van der Waals surface area contributed by atoms with Crippen LogP contribution in [0.5, 0.6) is 0 Å². The fourth-order valence-corrected chi connectivity index (χ4v) is 2.35. The van der Waals surface area contributed by atoms with Gasteiger partial charge in [0.05, 0.1) is 6.20 Å². The minimum Gasteiger partial charge on any atom is -0.282 e. The van der Waals surface area contributed by atoms with Gasteiger partial charge in [-0.2, -0.15) is 5.10 Å². The van der Waals surface area contributed by atoms with Crippen LogP contribution in [0.4, 0.5) is 0 Å². The van der Waals surface area contributed by atoms with Gasteiger partial charge in [0, 0.05) is 11.3 Å². The molecule has 0 amide bonds. The van der Waals surface area contributed by atoms with Crippen molar-refractivity contribution >= 4 is 5.57 Å². The first kappa shape index (κ1) is 17.7. The molecule has 0 saturated heterocycles. The van der Waals surface area contributed by atoms with Gasteiger partial charge < -0.3 is 0 Å². The van der Waals surface area contributed by atoms with Gasteiger partial charge in [-0.15, -0.1) is 0 Å². The maximum Gasteiger partial charge on any atom is 0.0565 e. The quantitative estimate of drug-likeness (QED) is 0.745. The van der Waals surface area contributed by atoms with E-state index in [0.717, 1.165) is 0 Å². The van der Waals surface area contributed by atoms with E-state index in [2.05, 4.69) is 43.1 Å². The van der Waals surface area contributed by atoms with Crippen LogP contribution >= 0.6 is 0 Å². The molecule has 1 atom stereocenters.